The number of Topliss-reactive ketones (excluding diaryl/α,β-unsaturated/α-hetero) is 1. The molecule has 0 N–H and O–H groups in total. The summed E-state index contributed by atoms with van der Waals surface area (Å²) in [6, 6.07) is 3.53. The number of allylic oxidation sites excluding steroid dienone is 1. The Morgan fingerprint density at radius 2 is 2.12 bits per heavy atom. The maximum Gasteiger partial charge on any atom is 0.255 e. The maximum atomic E-state index is 12.6. The zero-order valence-corrected chi connectivity index (χ0v) is 15.1. The van der Waals surface area contributed by atoms with Crippen LogP contribution in [0.4, 0.5) is 0 Å². The molecule has 1 fully saturated rings. The van der Waals surface area contributed by atoms with Gasteiger partial charge in [0.15, 0.2) is 5.78 Å². The van der Waals surface area contributed by atoms with E-state index in [1.165, 1.54) is 19.4 Å². The number of pyridine rings is 1. The van der Waals surface area contributed by atoms with Gasteiger partial charge in [-0.15, -0.1) is 0 Å². The van der Waals surface area contributed by atoms with E-state index in [9.17, 15) is 14.9 Å². The van der Waals surface area contributed by atoms with Gasteiger partial charge in [0, 0.05) is 30.1 Å². The lowest BCUT2D eigenvalue weighted by Crippen LogP contribution is -2.60. The van der Waals surface area contributed by atoms with Crippen molar-refractivity contribution in [3.05, 3.63) is 34.5 Å². The number of methoxy groups -OCH3 is 1. The van der Waals surface area contributed by atoms with E-state index in [0.717, 1.165) is 0 Å². The second-order valence-corrected chi connectivity index (χ2v) is 7.71. The normalized spacial score (nSPS) is 20.5. The standard InChI is InChI=1S/C18H18ClN3O3/c1-17(2)8-18(5-12(6-20)14(17)23)9-22(10-18)16(24)11-4-13(19)15(25-3)21-7-11/h4-5,7H,8-10H2,1-3H3. The molecule has 3 rings (SSSR count). The third-order valence-electron chi connectivity index (χ3n) is 4.77. The number of halogens is 1. The molecule has 1 aliphatic heterocycles. The van der Waals surface area contributed by atoms with Crippen LogP contribution in [-0.2, 0) is 4.79 Å². The van der Waals surface area contributed by atoms with E-state index in [4.69, 9.17) is 16.3 Å². The third kappa shape index (κ3) is 2.89. The second kappa shape index (κ2) is 5.85. The van der Waals surface area contributed by atoms with E-state index in [1.807, 2.05) is 19.9 Å². The van der Waals surface area contributed by atoms with Crippen LogP contribution in [0, 0.1) is 22.2 Å². The highest BCUT2D eigenvalue weighted by Crippen LogP contribution is 2.48. The first-order valence-electron chi connectivity index (χ1n) is 7.88. The number of carbonyl (C=O) groups excluding carboxylic acids is 2. The molecule has 0 aromatic carbocycles. The van der Waals surface area contributed by atoms with Crippen molar-refractivity contribution in [3.63, 3.8) is 0 Å². The summed E-state index contributed by atoms with van der Waals surface area (Å²) in [6.45, 7) is 4.63. The molecule has 0 atom stereocenters. The molecule has 0 unspecified atom stereocenters. The van der Waals surface area contributed by atoms with Gasteiger partial charge in [0.2, 0.25) is 5.88 Å². The zero-order valence-electron chi connectivity index (χ0n) is 14.3. The van der Waals surface area contributed by atoms with Crippen LogP contribution >= 0.6 is 11.6 Å². The third-order valence-corrected chi connectivity index (χ3v) is 5.04. The summed E-state index contributed by atoms with van der Waals surface area (Å²) in [4.78, 5) is 30.5. The Morgan fingerprint density at radius 3 is 2.68 bits per heavy atom. The minimum absolute atomic E-state index is 0.128. The molecule has 130 valence electrons. The molecule has 1 aromatic rings. The number of hydrogen-bond donors (Lipinski definition) is 0. The molecule has 1 aliphatic carbocycles. The smallest absolute Gasteiger partial charge is 0.255 e. The summed E-state index contributed by atoms with van der Waals surface area (Å²) in [5.41, 5.74) is -0.337. The first kappa shape index (κ1) is 17.4. The fourth-order valence-electron chi connectivity index (χ4n) is 3.77. The quantitative estimate of drug-likeness (QED) is 0.810. The number of nitriles is 1. The SMILES string of the molecule is COc1ncc(C(=O)N2CC3(C=C(C#N)C(=O)C(C)(C)C3)C2)cc1Cl. The van der Waals surface area contributed by atoms with Crippen LogP contribution in [0.1, 0.15) is 30.6 Å². The summed E-state index contributed by atoms with van der Waals surface area (Å²) < 4.78 is 4.99. The molecule has 1 amide bonds. The average molecular weight is 360 g/mol. The van der Waals surface area contributed by atoms with Gasteiger partial charge in [0.05, 0.1) is 18.2 Å². The average Bonchev–Trinajstić information content (AvgIpc) is 2.54. The first-order valence-corrected chi connectivity index (χ1v) is 8.26. The van der Waals surface area contributed by atoms with Crippen molar-refractivity contribution in [1.82, 2.24) is 9.88 Å². The Kier molecular flexibility index (Phi) is 4.08. The van der Waals surface area contributed by atoms with Gasteiger partial charge in [0.1, 0.15) is 11.1 Å². The van der Waals surface area contributed by atoms with Gasteiger partial charge in [-0.2, -0.15) is 5.26 Å². The molecule has 2 aliphatic rings. The lowest BCUT2D eigenvalue weighted by molar-refractivity contribution is -0.127. The maximum absolute atomic E-state index is 12.6. The summed E-state index contributed by atoms with van der Waals surface area (Å²) in [7, 11) is 1.46. The van der Waals surface area contributed by atoms with E-state index in [-0.39, 0.29) is 33.6 Å². The minimum Gasteiger partial charge on any atom is -0.480 e. The fraction of sp³-hybridized carbons (Fsp3) is 0.444. The highest BCUT2D eigenvalue weighted by atomic mass is 35.5. The summed E-state index contributed by atoms with van der Waals surface area (Å²) in [6.07, 6.45) is 3.79. The number of hydrogen-bond acceptors (Lipinski definition) is 5. The number of rotatable bonds is 2. The summed E-state index contributed by atoms with van der Waals surface area (Å²) in [5.74, 6) is -0.0340. The summed E-state index contributed by atoms with van der Waals surface area (Å²) >= 11 is 6.03. The highest BCUT2D eigenvalue weighted by Gasteiger charge is 2.52. The number of likely N-dealkylation sites (tertiary alicyclic amines) is 1. The van der Waals surface area contributed by atoms with Crippen molar-refractivity contribution in [1.29, 1.82) is 5.26 Å². The van der Waals surface area contributed by atoms with Crippen LogP contribution in [0.2, 0.25) is 5.02 Å². The molecule has 6 nitrogen and oxygen atoms in total. The minimum atomic E-state index is -0.597. The molecule has 2 heterocycles. The van der Waals surface area contributed by atoms with Crippen LogP contribution in [0.25, 0.3) is 0 Å². The first-order chi connectivity index (χ1) is 11.7. The van der Waals surface area contributed by atoms with Crippen molar-refractivity contribution in [2.45, 2.75) is 20.3 Å². The molecule has 0 saturated carbocycles. The fourth-order valence-corrected chi connectivity index (χ4v) is 4.01. The van der Waals surface area contributed by atoms with Crippen molar-refractivity contribution in [2.24, 2.45) is 10.8 Å². The highest BCUT2D eigenvalue weighted by molar-refractivity contribution is 6.32. The molecule has 25 heavy (non-hydrogen) atoms. The van der Waals surface area contributed by atoms with Crippen LogP contribution in [0.15, 0.2) is 23.9 Å². The van der Waals surface area contributed by atoms with Crippen molar-refractivity contribution < 1.29 is 14.3 Å². The largest absolute Gasteiger partial charge is 0.480 e. The van der Waals surface area contributed by atoms with Crippen molar-refractivity contribution in [3.8, 4) is 11.9 Å². The van der Waals surface area contributed by atoms with Crippen LogP contribution in [0.3, 0.4) is 0 Å². The van der Waals surface area contributed by atoms with Gasteiger partial charge in [-0.1, -0.05) is 31.5 Å². The molecule has 1 spiro atoms. The Morgan fingerprint density at radius 1 is 1.44 bits per heavy atom. The number of aromatic nitrogens is 1. The molecule has 0 bridgehead atoms. The molecule has 7 heteroatoms. The van der Waals surface area contributed by atoms with E-state index in [1.54, 1.807) is 11.0 Å². The lowest BCUT2D eigenvalue weighted by atomic mass is 9.61. The number of ketones is 1. The van der Waals surface area contributed by atoms with E-state index in [0.29, 0.717) is 25.1 Å². The van der Waals surface area contributed by atoms with Crippen molar-refractivity contribution in [2.75, 3.05) is 20.2 Å². The molecular formula is C18H18ClN3O3. The van der Waals surface area contributed by atoms with Gasteiger partial charge in [-0.25, -0.2) is 4.98 Å². The lowest BCUT2D eigenvalue weighted by Gasteiger charge is -2.53. The predicted octanol–water partition coefficient (Wildman–Crippen LogP) is 2.63. The van der Waals surface area contributed by atoms with Crippen LogP contribution in [-0.4, -0.2) is 41.8 Å². The van der Waals surface area contributed by atoms with E-state index in [2.05, 4.69) is 4.98 Å². The van der Waals surface area contributed by atoms with E-state index >= 15 is 0 Å². The monoisotopic (exact) mass is 359 g/mol. The van der Waals surface area contributed by atoms with Gasteiger partial charge in [0.25, 0.3) is 5.91 Å². The Bertz CT molecular complexity index is 832. The van der Waals surface area contributed by atoms with Crippen LogP contribution < -0.4 is 4.74 Å². The number of nitrogens with zero attached hydrogens (tertiary/aromatic N) is 3. The zero-order chi connectivity index (χ0) is 18.4. The van der Waals surface area contributed by atoms with E-state index < -0.39 is 5.41 Å². The molecule has 1 aromatic heterocycles. The number of amides is 1. The second-order valence-electron chi connectivity index (χ2n) is 7.30. The number of ether oxygens (including phenoxy) is 1. The van der Waals surface area contributed by atoms with Crippen LogP contribution in [0.5, 0.6) is 5.88 Å². The van der Waals surface area contributed by atoms with Gasteiger partial charge >= 0.3 is 0 Å². The molecule has 0 radical (unpaired) electrons. The van der Waals surface area contributed by atoms with Gasteiger partial charge in [-0.05, 0) is 12.5 Å². The summed E-state index contributed by atoms with van der Waals surface area (Å²) in [5, 5.41) is 9.50. The van der Waals surface area contributed by atoms with Gasteiger partial charge in [-0.3, -0.25) is 9.59 Å². The number of carbonyl (C=O) groups is 2. The molecule has 1 saturated heterocycles. The van der Waals surface area contributed by atoms with Gasteiger partial charge < -0.3 is 9.64 Å². The Labute approximate surface area is 151 Å². The Balaban J connectivity index is 1.79. The topological polar surface area (TPSA) is 83.3 Å². The molecular weight excluding hydrogens is 342 g/mol. The van der Waals surface area contributed by atoms with Crippen molar-refractivity contribution >= 4 is 23.3 Å². The predicted molar refractivity (Wildman–Crippen MR) is 91.2 cm³/mol. The Hall–Kier alpha value is -2.39.